The van der Waals surface area contributed by atoms with Crippen molar-refractivity contribution in [2.75, 3.05) is 0 Å². The second-order valence-electron chi connectivity index (χ2n) is 13.0. The molecule has 10 rings (SSSR count). The van der Waals surface area contributed by atoms with Crippen molar-refractivity contribution in [3.63, 3.8) is 0 Å². The predicted molar refractivity (Wildman–Crippen MR) is 213 cm³/mol. The summed E-state index contributed by atoms with van der Waals surface area (Å²) in [5, 5.41) is 4.35. The second kappa shape index (κ2) is 12.3. The van der Waals surface area contributed by atoms with Crippen molar-refractivity contribution in [3.05, 3.63) is 176 Å². The molecule has 5 nitrogen and oxygen atoms in total. The van der Waals surface area contributed by atoms with Gasteiger partial charge in [-0.2, -0.15) is 0 Å². The second-order valence-corrected chi connectivity index (χ2v) is 13.0. The van der Waals surface area contributed by atoms with E-state index in [4.69, 9.17) is 19.9 Å². The Hall–Kier alpha value is -7.11. The minimum Gasteiger partial charge on any atom is -0.265 e. The molecule has 0 amide bonds. The fraction of sp³-hybridized carbons (Fsp3) is 0. The first-order chi connectivity index (χ1) is 25.7. The molecular weight excluding hydrogens is 635 g/mol. The highest BCUT2D eigenvalue weighted by molar-refractivity contribution is 6.04. The molecule has 10 aromatic rings. The van der Waals surface area contributed by atoms with Gasteiger partial charge in [-0.1, -0.05) is 109 Å². The van der Waals surface area contributed by atoms with E-state index in [1.165, 1.54) is 0 Å². The lowest BCUT2D eigenvalue weighted by Crippen LogP contribution is -1.91. The molecule has 0 saturated carbocycles. The van der Waals surface area contributed by atoms with Crippen molar-refractivity contribution < 1.29 is 0 Å². The van der Waals surface area contributed by atoms with Crippen LogP contribution >= 0.6 is 0 Å². The number of fused-ring (bicyclic) bond motifs is 5. The lowest BCUT2D eigenvalue weighted by atomic mass is 10.0. The molecule has 0 fully saturated rings. The molecule has 0 aliphatic carbocycles. The van der Waals surface area contributed by atoms with Gasteiger partial charge in [-0.15, -0.1) is 0 Å². The number of hydrogen-bond acceptors (Lipinski definition) is 5. The van der Waals surface area contributed by atoms with Gasteiger partial charge in [-0.25, -0.2) is 19.9 Å². The summed E-state index contributed by atoms with van der Waals surface area (Å²) in [6, 6.07) is 56.8. The molecule has 0 bridgehead atoms. The lowest BCUT2D eigenvalue weighted by Gasteiger charge is -2.09. The zero-order valence-electron chi connectivity index (χ0n) is 28.0. The first-order valence-electron chi connectivity index (χ1n) is 17.3. The van der Waals surface area contributed by atoms with Gasteiger partial charge < -0.3 is 0 Å². The number of pyridine rings is 5. The SMILES string of the molecule is c1ccc(-c2ccc3ccc4ccc(-c5ccc(-c6ccc7cc(-c8ccc9ccc(-c%10ccncc%10)nc9c8)ccc7n6)cc5)nc4c3n2)cc1. The number of benzene rings is 5. The number of nitrogens with zero attached hydrogens (tertiary/aromatic N) is 5. The highest BCUT2D eigenvalue weighted by Gasteiger charge is 2.11. The monoisotopic (exact) mass is 663 g/mol. The summed E-state index contributed by atoms with van der Waals surface area (Å²) >= 11 is 0. The van der Waals surface area contributed by atoms with Gasteiger partial charge in [-0.3, -0.25) is 4.98 Å². The van der Waals surface area contributed by atoms with E-state index in [2.05, 4.69) is 138 Å². The van der Waals surface area contributed by atoms with Gasteiger partial charge in [-0.05, 0) is 65.7 Å². The highest BCUT2D eigenvalue weighted by Crippen LogP contribution is 2.32. The molecule has 5 heteroatoms. The van der Waals surface area contributed by atoms with E-state index in [0.29, 0.717) is 0 Å². The third kappa shape index (κ3) is 5.42. The van der Waals surface area contributed by atoms with Crippen molar-refractivity contribution >= 4 is 43.6 Å². The largest absolute Gasteiger partial charge is 0.265 e. The van der Waals surface area contributed by atoms with Gasteiger partial charge in [0.25, 0.3) is 0 Å². The Labute approximate surface area is 300 Å². The maximum absolute atomic E-state index is 5.14. The minimum atomic E-state index is 0.905. The minimum absolute atomic E-state index is 0.905. The number of rotatable bonds is 5. The Morgan fingerprint density at radius 1 is 0.269 bits per heavy atom. The van der Waals surface area contributed by atoms with E-state index in [-0.39, 0.29) is 0 Å². The Morgan fingerprint density at radius 2 is 0.712 bits per heavy atom. The van der Waals surface area contributed by atoms with Crippen LogP contribution in [0.15, 0.2) is 176 Å². The fourth-order valence-electron chi connectivity index (χ4n) is 6.96. The molecule has 0 unspecified atom stereocenters. The topological polar surface area (TPSA) is 64.5 Å². The molecule has 5 aromatic carbocycles. The van der Waals surface area contributed by atoms with Crippen molar-refractivity contribution in [2.45, 2.75) is 0 Å². The van der Waals surface area contributed by atoms with Crippen LogP contribution in [0.4, 0.5) is 0 Å². The molecular formula is C47H29N5. The zero-order chi connectivity index (χ0) is 34.4. The van der Waals surface area contributed by atoms with Crippen LogP contribution in [-0.2, 0) is 0 Å². The van der Waals surface area contributed by atoms with E-state index in [0.717, 1.165) is 99.8 Å². The van der Waals surface area contributed by atoms with Crippen LogP contribution < -0.4 is 0 Å². The van der Waals surface area contributed by atoms with Crippen LogP contribution in [0.5, 0.6) is 0 Å². The maximum Gasteiger partial charge on any atom is 0.0972 e. The van der Waals surface area contributed by atoms with Crippen LogP contribution in [-0.4, -0.2) is 24.9 Å². The Kier molecular flexibility index (Phi) is 7.07. The first kappa shape index (κ1) is 29.8. The molecule has 0 N–H and O–H groups in total. The zero-order valence-corrected chi connectivity index (χ0v) is 28.0. The van der Waals surface area contributed by atoms with Gasteiger partial charge in [0, 0.05) is 56.2 Å². The molecule has 242 valence electrons. The van der Waals surface area contributed by atoms with Crippen molar-refractivity contribution in [1.29, 1.82) is 0 Å². The van der Waals surface area contributed by atoms with Crippen LogP contribution in [0, 0.1) is 0 Å². The summed E-state index contributed by atoms with van der Waals surface area (Å²) in [6.07, 6.45) is 3.59. The van der Waals surface area contributed by atoms with E-state index in [1.807, 2.05) is 30.3 Å². The Bertz CT molecular complexity index is 2940. The molecule has 52 heavy (non-hydrogen) atoms. The van der Waals surface area contributed by atoms with Gasteiger partial charge in [0.1, 0.15) is 0 Å². The van der Waals surface area contributed by atoms with Crippen LogP contribution in [0.3, 0.4) is 0 Å². The van der Waals surface area contributed by atoms with Crippen molar-refractivity contribution in [2.24, 2.45) is 0 Å². The van der Waals surface area contributed by atoms with Crippen molar-refractivity contribution in [3.8, 4) is 56.2 Å². The smallest absolute Gasteiger partial charge is 0.0972 e. The van der Waals surface area contributed by atoms with Crippen LogP contribution in [0.1, 0.15) is 0 Å². The summed E-state index contributed by atoms with van der Waals surface area (Å²) < 4.78 is 0. The van der Waals surface area contributed by atoms with E-state index >= 15 is 0 Å². The van der Waals surface area contributed by atoms with Gasteiger partial charge >= 0.3 is 0 Å². The summed E-state index contributed by atoms with van der Waals surface area (Å²) in [7, 11) is 0. The van der Waals surface area contributed by atoms with Crippen LogP contribution in [0.2, 0.25) is 0 Å². The molecule has 0 aliphatic heterocycles. The van der Waals surface area contributed by atoms with E-state index < -0.39 is 0 Å². The number of hydrogen-bond donors (Lipinski definition) is 0. The molecule has 0 spiro atoms. The summed E-state index contributed by atoms with van der Waals surface area (Å²) in [5.41, 5.74) is 14.0. The summed E-state index contributed by atoms with van der Waals surface area (Å²) in [4.78, 5) is 24.3. The summed E-state index contributed by atoms with van der Waals surface area (Å²) in [5.74, 6) is 0. The third-order valence-electron chi connectivity index (χ3n) is 9.76. The van der Waals surface area contributed by atoms with Gasteiger partial charge in [0.05, 0.1) is 44.8 Å². The van der Waals surface area contributed by atoms with Gasteiger partial charge in [0.2, 0.25) is 0 Å². The first-order valence-corrected chi connectivity index (χ1v) is 17.3. The molecule has 5 aromatic heterocycles. The average Bonchev–Trinajstić information content (AvgIpc) is 3.23. The molecule has 0 aliphatic rings. The summed E-state index contributed by atoms with van der Waals surface area (Å²) in [6.45, 7) is 0. The quantitative estimate of drug-likeness (QED) is 0.171. The van der Waals surface area contributed by atoms with Crippen LogP contribution in [0.25, 0.3) is 99.8 Å². The molecule has 5 heterocycles. The fourth-order valence-corrected chi connectivity index (χ4v) is 6.96. The standard InChI is InChI=1S/C47H29N5/c1-2-4-30(5-3-1)42-20-15-35-11-12-36-16-21-43(52-47(36)46(35)51-42)32-8-6-31(7-9-32)40-23-18-39-28-37(17-22-44(39)49-40)38-13-10-33-14-19-41(50-45(33)29-38)34-24-26-48-27-25-34/h1-29H. The maximum atomic E-state index is 5.14. The van der Waals surface area contributed by atoms with Gasteiger partial charge in [0.15, 0.2) is 0 Å². The Morgan fingerprint density at radius 3 is 1.37 bits per heavy atom. The van der Waals surface area contributed by atoms with Crippen molar-refractivity contribution in [1.82, 2.24) is 24.9 Å². The van der Waals surface area contributed by atoms with E-state index in [9.17, 15) is 0 Å². The lowest BCUT2D eigenvalue weighted by molar-refractivity contribution is 1.31. The molecule has 0 saturated heterocycles. The predicted octanol–water partition coefficient (Wildman–Crippen LogP) is 11.6. The highest BCUT2D eigenvalue weighted by atomic mass is 14.8. The normalized spacial score (nSPS) is 11.5. The molecule has 0 atom stereocenters. The third-order valence-corrected chi connectivity index (χ3v) is 9.76. The average molecular weight is 664 g/mol. The number of aromatic nitrogens is 5. The van der Waals surface area contributed by atoms with E-state index in [1.54, 1.807) is 12.4 Å². The Balaban J connectivity index is 0.938. The molecule has 0 radical (unpaired) electrons.